The molecule has 0 bridgehead atoms. The summed E-state index contributed by atoms with van der Waals surface area (Å²) < 4.78 is 0. The zero-order chi connectivity index (χ0) is 13.1. The molecule has 0 aliphatic rings. The van der Waals surface area contributed by atoms with Gasteiger partial charge in [-0.05, 0) is 33.6 Å². The van der Waals surface area contributed by atoms with Crippen LogP contribution in [0.2, 0.25) is 0 Å². The number of carbonyl (C=O) groups is 2. The maximum Gasteiger partial charge on any atom is 0.314 e. The highest BCUT2D eigenvalue weighted by Crippen LogP contribution is 1.85. The van der Waals surface area contributed by atoms with Gasteiger partial charge in [-0.1, -0.05) is 0 Å². The van der Waals surface area contributed by atoms with Crippen molar-refractivity contribution in [2.45, 2.75) is 39.7 Å². The third-order valence-corrected chi connectivity index (χ3v) is 1.93. The zero-order valence-corrected chi connectivity index (χ0v) is 10.9. The minimum absolute atomic E-state index is 0.141. The third-order valence-electron chi connectivity index (χ3n) is 1.93. The molecule has 4 amide bonds. The van der Waals surface area contributed by atoms with Gasteiger partial charge < -0.3 is 21.3 Å². The first-order valence-corrected chi connectivity index (χ1v) is 6.12. The fraction of sp³-hybridized carbons (Fsp3) is 0.818. The minimum atomic E-state index is -0.142. The average molecular weight is 244 g/mol. The number of hydrogen-bond acceptors (Lipinski definition) is 2. The first-order chi connectivity index (χ1) is 8.06. The van der Waals surface area contributed by atoms with Crippen molar-refractivity contribution >= 4 is 12.1 Å². The summed E-state index contributed by atoms with van der Waals surface area (Å²) in [5.41, 5.74) is 0. The second-order valence-electron chi connectivity index (χ2n) is 4.05. The number of hydrogen-bond donors (Lipinski definition) is 4. The fourth-order valence-electron chi connectivity index (χ4n) is 1.19. The van der Waals surface area contributed by atoms with Crippen molar-refractivity contribution in [3.63, 3.8) is 0 Å². The summed E-state index contributed by atoms with van der Waals surface area (Å²) in [6.45, 7) is 7.57. The van der Waals surface area contributed by atoms with Crippen molar-refractivity contribution in [1.82, 2.24) is 21.3 Å². The van der Waals surface area contributed by atoms with Crippen LogP contribution in [0.15, 0.2) is 0 Å². The lowest BCUT2D eigenvalue weighted by atomic mass is 10.3. The van der Waals surface area contributed by atoms with E-state index in [1.165, 1.54) is 0 Å². The Hall–Kier alpha value is -1.46. The number of rotatable bonds is 7. The molecule has 6 nitrogen and oxygen atoms in total. The van der Waals surface area contributed by atoms with Gasteiger partial charge in [0.25, 0.3) is 0 Å². The first-order valence-electron chi connectivity index (χ1n) is 6.12. The SMILES string of the molecule is CCNC(=O)NCCCCNC(=O)NC(C)C. The van der Waals surface area contributed by atoms with Crippen molar-refractivity contribution in [2.75, 3.05) is 19.6 Å². The van der Waals surface area contributed by atoms with Gasteiger partial charge in [-0.3, -0.25) is 0 Å². The quantitative estimate of drug-likeness (QED) is 0.499. The second kappa shape index (κ2) is 9.74. The third kappa shape index (κ3) is 10.8. The highest BCUT2D eigenvalue weighted by atomic mass is 16.2. The summed E-state index contributed by atoms with van der Waals surface area (Å²) in [7, 11) is 0. The molecule has 0 unspecified atom stereocenters. The van der Waals surface area contributed by atoms with Gasteiger partial charge >= 0.3 is 12.1 Å². The molecule has 0 fully saturated rings. The molecule has 0 saturated heterocycles. The normalized spacial score (nSPS) is 9.88. The topological polar surface area (TPSA) is 82.3 Å². The fourth-order valence-corrected chi connectivity index (χ4v) is 1.19. The molecule has 0 atom stereocenters. The van der Waals surface area contributed by atoms with Gasteiger partial charge in [0.05, 0.1) is 0 Å². The minimum Gasteiger partial charge on any atom is -0.338 e. The van der Waals surface area contributed by atoms with Crippen LogP contribution >= 0.6 is 0 Å². The molecule has 0 spiro atoms. The highest BCUT2D eigenvalue weighted by Gasteiger charge is 2.01. The van der Waals surface area contributed by atoms with Crippen LogP contribution in [-0.2, 0) is 0 Å². The van der Waals surface area contributed by atoms with E-state index in [-0.39, 0.29) is 18.1 Å². The molecule has 0 aromatic heterocycles. The summed E-state index contributed by atoms with van der Waals surface area (Å²) in [6, 6.07) is -0.135. The van der Waals surface area contributed by atoms with Crippen LogP contribution in [0, 0.1) is 0 Å². The van der Waals surface area contributed by atoms with E-state index in [4.69, 9.17) is 0 Å². The zero-order valence-electron chi connectivity index (χ0n) is 10.9. The van der Waals surface area contributed by atoms with E-state index in [9.17, 15) is 9.59 Å². The molecule has 4 N–H and O–H groups in total. The summed E-state index contributed by atoms with van der Waals surface area (Å²) >= 11 is 0. The smallest absolute Gasteiger partial charge is 0.314 e. The van der Waals surface area contributed by atoms with Gasteiger partial charge in [-0.15, -0.1) is 0 Å². The Labute approximate surface area is 103 Å². The number of nitrogens with one attached hydrogen (secondary N) is 4. The Bertz CT molecular complexity index is 232. The molecule has 0 aliphatic carbocycles. The molecule has 6 heteroatoms. The van der Waals surface area contributed by atoms with Crippen LogP contribution in [0.1, 0.15) is 33.6 Å². The maximum absolute atomic E-state index is 11.2. The molecule has 0 saturated carbocycles. The van der Waals surface area contributed by atoms with Crippen LogP contribution in [0.3, 0.4) is 0 Å². The van der Waals surface area contributed by atoms with Crippen LogP contribution in [-0.4, -0.2) is 37.7 Å². The van der Waals surface area contributed by atoms with Crippen molar-refractivity contribution in [1.29, 1.82) is 0 Å². The number of amides is 4. The molecular weight excluding hydrogens is 220 g/mol. The van der Waals surface area contributed by atoms with E-state index in [1.807, 2.05) is 20.8 Å². The van der Waals surface area contributed by atoms with E-state index in [0.29, 0.717) is 19.6 Å². The first kappa shape index (κ1) is 15.5. The van der Waals surface area contributed by atoms with Gasteiger partial charge in [0.15, 0.2) is 0 Å². The van der Waals surface area contributed by atoms with Crippen LogP contribution in [0.25, 0.3) is 0 Å². The molecule has 17 heavy (non-hydrogen) atoms. The van der Waals surface area contributed by atoms with E-state index in [2.05, 4.69) is 21.3 Å². The lowest BCUT2D eigenvalue weighted by Crippen LogP contribution is -2.40. The molecule has 0 aromatic carbocycles. The van der Waals surface area contributed by atoms with E-state index >= 15 is 0 Å². The van der Waals surface area contributed by atoms with Crippen LogP contribution in [0.4, 0.5) is 9.59 Å². The summed E-state index contributed by atoms with van der Waals surface area (Å²) in [6.07, 6.45) is 1.69. The number of urea groups is 2. The Balaban J connectivity index is 3.29. The monoisotopic (exact) mass is 244 g/mol. The maximum atomic E-state index is 11.2. The molecule has 0 aliphatic heterocycles. The Morgan fingerprint density at radius 1 is 0.941 bits per heavy atom. The Kier molecular flexibility index (Phi) is 8.91. The Morgan fingerprint density at radius 3 is 1.94 bits per heavy atom. The summed E-state index contributed by atoms with van der Waals surface area (Å²) in [5, 5.41) is 10.9. The van der Waals surface area contributed by atoms with E-state index < -0.39 is 0 Å². The predicted octanol–water partition coefficient (Wildman–Crippen LogP) is 0.793. The largest absolute Gasteiger partial charge is 0.338 e. The molecule has 0 aromatic rings. The number of carbonyl (C=O) groups excluding carboxylic acids is 2. The predicted molar refractivity (Wildman–Crippen MR) is 68.0 cm³/mol. The van der Waals surface area contributed by atoms with Crippen LogP contribution in [0.5, 0.6) is 0 Å². The van der Waals surface area contributed by atoms with Gasteiger partial charge in [-0.25, -0.2) is 9.59 Å². The van der Waals surface area contributed by atoms with Crippen molar-refractivity contribution in [3.05, 3.63) is 0 Å². The van der Waals surface area contributed by atoms with Gasteiger partial charge in [0.2, 0.25) is 0 Å². The van der Waals surface area contributed by atoms with Crippen molar-refractivity contribution in [2.24, 2.45) is 0 Å². The van der Waals surface area contributed by atoms with E-state index in [0.717, 1.165) is 12.8 Å². The highest BCUT2D eigenvalue weighted by molar-refractivity contribution is 5.74. The molecule has 0 radical (unpaired) electrons. The second-order valence-corrected chi connectivity index (χ2v) is 4.05. The van der Waals surface area contributed by atoms with Gasteiger partial charge in [0.1, 0.15) is 0 Å². The summed E-state index contributed by atoms with van der Waals surface area (Å²) in [4.78, 5) is 22.2. The standard InChI is InChI=1S/C11H24N4O2/c1-4-12-10(16)13-7-5-6-8-14-11(17)15-9(2)3/h9H,4-8H2,1-3H3,(H2,12,13,16)(H2,14,15,17). The van der Waals surface area contributed by atoms with E-state index in [1.54, 1.807) is 0 Å². The molecule has 100 valence electrons. The van der Waals surface area contributed by atoms with Crippen molar-refractivity contribution in [3.8, 4) is 0 Å². The Morgan fingerprint density at radius 2 is 1.47 bits per heavy atom. The van der Waals surface area contributed by atoms with Gasteiger partial charge in [0, 0.05) is 25.7 Å². The average Bonchev–Trinajstić information content (AvgIpc) is 2.22. The van der Waals surface area contributed by atoms with Crippen molar-refractivity contribution < 1.29 is 9.59 Å². The molecular formula is C11H24N4O2. The lowest BCUT2D eigenvalue weighted by molar-refractivity contribution is 0.237. The van der Waals surface area contributed by atoms with Gasteiger partial charge in [-0.2, -0.15) is 0 Å². The molecule has 0 heterocycles. The number of unbranched alkanes of at least 4 members (excludes halogenated alkanes) is 1. The molecule has 0 rings (SSSR count). The van der Waals surface area contributed by atoms with Crippen LogP contribution < -0.4 is 21.3 Å². The summed E-state index contributed by atoms with van der Waals surface area (Å²) in [5.74, 6) is 0. The lowest BCUT2D eigenvalue weighted by Gasteiger charge is -2.10.